The molecule has 1 N–H and O–H groups in total. The summed E-state index contributed by atoms with van der Waals surface area (Å²) in [6.07, 6.45) is -0.647. The maximum absolute atomic E-state index is 10.8. The monoisotopic (exact) mass is 310 g/mol. The summed E-state index contributed by atoms with van der Waals surface area (Å²) < 4.78 is 6.64. The van der Waals surface area contributed by atoms with Crippen LogP contribution in [0.2, 0.25) is 5.02 Å². The molecular weight excluding hydrogens is 296 g/mol. The second-order valence-corrected chi connectivity index (χ2v) is 5.03. The van der Waals surface area contributed by atoms with Gasteiger partial charge in [0.25, 0.3) is 0 Å². The van der Waals surface area contributed by atoms with Crippen LogP contribution >= 0.6 is 11.6 Å². The molecule has 2 rings (SSSR count). The molecule has 0 fully saturated rings. The van der Waals surface area contributed by atoms with Crippen LogP contribution in [0.15, 0.2) is 18.2 Å². The lowest BCUT2D eigenvalue weighted by atomic mass is 10.1. The first-order valence-corrected chi connectivity index (χ1v) is 6.66. The van der Waals surface area contributed by atoms with Crippen LogP contribution in [0, 0.1) is 6.92 Å². The number of carboxylic acid groups (broad SMARTS) is 1. The topological polar surface area (TPSA) is 90.1 Å². The number of tetrazole rings is 1. The first-order valence-electron chi connectivity index (χ1n) is 6.28. The van der Waals surface area contributed by atoms with Crippen molar-refractivity contribution in [1.82, 2.24) is 20.2 Å². The molecule has 1 aromatic carbocycles. The number of aliphatic carboxylic acids is 1. The van der Waals surface area contributed by atoms with Crippen molar-refractivity contribution in [2.24, 2.45) is 0 Å². The molecule has 1 atom stereocenters. The van der Waals surface area contributed by atoms with E-state index in [-0.39, 0.29) is 13.0 Å². The Bertz CT molecular complexity index is 644. The van der Waals surface area contributed by atoms with Crippen LogP contribution in [0.4, 0.5) is 0 Å². The zero-order valence-corrected chi connectivity index (χ0v) is 12.4. The van der Waals surface area contributed by atoms with Crippen LogP contribution < -0.4 is 0 Å². The number of hydrogen-bond donors (Lipinski definition) is 1. The molecule has 0 radical (unpaired) electrons. The van der Waals surface area contributed by atoms with Crippen LogP contribution in [0.25, 0.3) is 11.4 Å². The molecule has 0 amide bonds. The van der Waals surface area contributed by atoms with Crippen molar-refractivity contribution in [2.75, 3.05) is 7.11 Å². The number of ether oxygens (including phenoxy) is 1. The van der Waals surface area contributed by atoms with Gasteiger partial charge in [-0.2, -0.15) is 0 Å². The summed E-state index contributed by atoms with van der Waals surface area (Å²) in [7, 11) is 1.45. The number of hydrogen-bond acceptors (Lipinski definition) is 5. The van der Waals surface area contributed by atoms with E-state index in [0.29, 0.717) is 16.4 Å². The summed E-state index contributed by atoms with van der Waals surface area (Å²) in [4.78, 5) is 10.8. The molecule has 8 heteroatoms. The summed E-state index contributed by atoms with van der Waals surface area (Å²) in [6.45, 7) is 2.17. The number of nitrogens with zero attached hydrogens (tertiary/aromatic N) is 4. The molecule has 0 spiro atoms. The second-order valence-electron chi connectivity index (χ2n) is 4.62. The van der Waals surface area contributed by atoms with Crippen LogP contribution in [0.3, 0.4) is 0 Å². The van der Waals surface area contributed by atoms with E-state index in [9.17, 15) is 4.79 Å². The lowest BCUT2D eigenvalue weighted by molar-refractivity contribution is -0.139. The number of halogens is 1. The third kappa shape index (κ3) is 3.77. The van der Waals surface area contributed by atoms with Gasteiger partial charge in [-0.05, 0) is 35.0 Å². The Hall–Kier alpha value is -1.99. The molecule has 7 nitrogen and oxygen atoms in total. The van der Waals surface area contributed by atoms with Crippen LogP contribution in [0.5, 0.6) is 0 Å². The lowest BCUT2D eigenvalue weighted by Gasteiger charge is -2.14. The largest absolute Gasteiger partial charge is 0.481 e. The van der Waals surface area contributed by atoms with Gasteiger partial charge in [0.1, 0.15) is 0 Å². The smallest absolute Gasteiger partial charge is 0.306 e. The fourth-order valence-electron chi connectivity index (χ4n) is 1.93. The molecule has 2 aromatic rings. The minimum absolute atomic E-state index is 0.128. The molecule has 0 aliphatic carbocycles. The van der Waals surface area contributed by atoms with Gasteiger partial charge in [0.15, 0.2) is 5.82 Å². The average Bonchev–Trinajstić information content (AvgIpc) is 2.85. The summed E-state index contributed by atoms with van der Waals surface area (Å²) >= 11 is 6.21. The highest BCUT2D eigenvalue weighted by atomic mass is 35.5. The number of carbonyl (C=O) groups is 1. The van der Waals surface area contributed by atoms with E-state index < -0.39 is 12.1 Å². The highest BCUT2D eigenvalue weighted by Crippen LogP contribution is 2.26. The van der Waals surface area contributed by atoms with Crippen LogP contribution in [-0.2, 0) is 16.1 Å². The van der Waals surface area contributed by atoms with Gasteiger partial charge >= 0.3 is 5.97 Å². The molecule has 1 unspecified atom stereocenters. The lowest BCUT2D eigenvalue weighted by Crippen LogP contribution is -2.23. The maximum Gasteiger partial charge on any atom is 0.306 e. The van der Waals surface area contributed by atoms with Gasteiger partial charge in [-0.3, -0.25) is 4.79 Å². The summed E-state index contributed by atoms with van der Waals surface area (Å²) in [6, 6.07) is 5.56. The molecule has 0 aliphatic rings. The molecular formula is C13H15ClN4O3. The molecule has 0 saturated heterocycles. The van der Waals surface area contributed by atoms with E-state index in [0.717, 1.165) is 5.56 Å². The standard InChI is InChI=1S/C13H15ClN4O3/c1-8-3-4-10(11(14)5-8)13-15-16-17-18(13)7-9(21-2)6-12(19)20/h3-5,9H,6-7H2,1-2H3,(H,19,20). The van der Waals surface area contributed by atoms with E-state index in [1.807, 2.05) is 25.1 Å². The third-order valence-electron chi connectivity index (χ3n) is 3.01. The van der Waals surface area contributed by atoms with Crippen LogP contribution in [-0.4, -0.2) is 44.5 Å². The molecule has 21 heavy (non-hydrogen) atoms. The molecule has 1 heterocycles. The van der Waals surface area contributed by atoms with Crippen molar-refractivity contribution in [3.8, 4) is 11.4 Å². The van der Waals surface area contributed by atoms with Gasteiger partial charge in [0.2, 0.25) is 0 Å². The van der Waals surface area contributed by atoms with Crippen molar-refractivity contribution in [3.05, 3.63) is 28.8 Å². The quantitative estimate of drug-likeness (QED) is 0.875. The normalized spacial score (nSPS) is 12.3. The predicted octanol–water partition coefficient (Wildman–Crippen LogP) is 1.79. The van der Waals surface area contributed by atoms with Crippen molar-refractivity contribution in [2.45, 2.75) is 26.0 Å². The minimum Gasteiger partial charge on any atom is -0.481 e. The molecule has 0 aliphatic heterocycles. The van der Waals surface area contributed by atoms with Crippen molar-refractivity contribution >= 4 is 17.6 Å². The average molecular weight is 311 g/mol. The van der Waals surface area contributed by atoms with Gasteiger partial charge in [0, 0.05) is 12.7 Å². The third-order valence-corrected chi connectivity index (χ3v) is 3.32. The number of benzene rings is 1. The Balaban J connectivity index is 2.27. The van der Waals surface area contributed by atoms with Gasteiger partial charge in [0.05, 0.1) is 24.1 Å². The minimum atomic E-state index is -0.940. The number of methoxy groups -OCH3 is 1. The summed E-state index contributed by atoms with van der Waals surface area (Å²) in [5.41, 5.74) is 1.72. The Morgan fingerprint density at radius 1 is 1.52 bits per heavy atom. The fourth-order valence-corrected chi connectivity index (χ4v) is 2.25. The number of rotatable bonds is 6. The predicted molar refractivity (Wildman–Crippen MR) is 76.0 cm³/mol. The Morgan fingerprint density at radius 3 is 2.90 bits per heavy atom. The van der Waals surface area contributed by atoms with Crippen molar-refractivity contribution in [3.63, 3.8) is 0 Å². The summed E-state index contributed by atoms with van der Waals surface area (Å²) in [5.74, 6) is -0.461. The number of carboxylic acids is 1. The molecule has 112 valence electrons. The van der Waals surface area contributed by atoms with Crippen LogP contribution in [0.1, 0.15) is 12.0 Å². The summed E-state index contributed by atoms with van der Waals surface area (Å²) in [5, 5.41) is 20.8. The van der Waals surface area contributed by atoms with Crippen molar-refractivity contribution in [1.29, 1.82) is 0 Å². The van der Waals surface area contributed by atoms with Gasteiger partial charge < -0.3 is 9.84 Å². The molecule has 1 aromatic heterocycles. The highest BCUT2D eigenvalue weighted by Gasteiger charge is 2.18. The highest BCUT2D eigenvalue weighted by molar-refractivity contribution is 6.33. The van der Waals surface area contributed by atoms with E-state index in [1.165, 1.54) is 11.8 Å². The Kier molecular flexibility index (Phi) is 4.87. The van der Waals surface area contributed by atoms with E-state index >= 15 is 0 Å². The van der Waals surface area contributed by atoms with Crippen molar-refractivity contribution < 1.29 is 14.6 Å². The van der Waals surface area contributed by atoms with Gasteiger partial charge in [-0.15, -0.1) is 5.10 Å². The zero-order chi connectivity index (χ0) is 15.4. The van der Waals surface area contributed by atoms with Gasteiger partial charge in [-0.25, -0.2) is 4.68 Å². The fraction of sp³-hybridized carbons (Fsp3) is 0.385. The zero-order valence-electron chi connectivity index (χ0n) is 11.7. The van der Waals surface area contributed by atoms with E-state index in [4.69, 9.17) is 21.4 Å². The van der Waals surface area contributed by atoms with E-state index in [2.05, 4.69) is 15.5 Å². The maximum atomic E-state index is 10.8. The molecule has 0 bridgehead atoms. The number of aromatic nitrogens is 4. The van der Waals surface area contributed by atoms with E-state index in [1.54, 1.807) is 0 Å². The first kappa shape index (κ1) is 15.4. The first-order chi connectivity index (χ1) is 10.0. The SMILES string of the molecule is COC(CC(=O)O)Cn1nnnc1-c1ccc(C)cc1Cl. The number of aryl methyl sites for hydroxylation is 1. The Labute approximate surface area is 126 Å². The van der Waals surface area contributed by atoms with Gasteiger partial charge in [-0.1, -0.05) is 17.7 Å². The Morgan fingerprint density at radius 2 is 2.29 bits per heavy atom. The molecule has 0 saturated carbocycles. The second kappa shape index (κ2) is 6.64.